The van der Waals surface area contributed by atoms with Crippen LogP contribution in [0.1, 0.15) is 0 Å². The summed E-state index contributed by atoms with van der Waals surface area (Å²) in [7, 11) is 0. The van der Waals surface area contributed by atoms with Crippen molar-refractivity contribution in [1.29, 1.82) is 0 Å². The van der Waals surface area contributed by atoms with Gasteiger partial charge in [0.1, 0.15) is 34.9 Å². The summed E-state index contributed by atoms with van der Waals surface area (Å²) < 4.78 is 78.6. The number of halogens is 6. The number of hydrogen-bond donors (Lipinski definition) is 0. The van der Waals surface area contributed by atoms with E-state index in [2.05, 4.69) is 0 Å². The summed E-state index contributed by atoms with van der Waals surface area (Å²) in [5, 5.41) is 0. The van der Waals surface area contributed by atoms with Gasteiger partial charge in [0.05, 0.1) is 9.79 Å². The van der Waals surface area contributed by atoms with Gasteiger partial charge >= 0.3 is 0 Å². The zero-order chi connectivity index (χ0) is 14.2. The van der Waals surface area contributed by atoms with Gasteiger partial charge in [-0.05, 0) is 0 Å². The Morgan fingerprint density at radius 3 is 1.05 bits per heavy atom. The van der Waals surface area contributed by atoms with Crippen LogP contribution in [-0.2, 0) is 0 Å². The van der Waals surface area contributed by atoms with Crippen LogP contribution in [0.3, 0.4) is 0 Å². The molecule has 0 heterocycles. The highest BCUT2D eigenvalue weighted by Gasteiger charge is 2.18. The van der Waals surface area contributed by atoms with Crippen LogP contribution in [0.5, 0.6) is 0 Å². The summed E-state index contributed by atoms with van der Waals surface area (Å²) in [6, 6.07) is 1.52. The fraction of sp³-hybridized carbons (Fsp3) is 0. The summed E-state index contributed by atoms with van der Waals surface area (Å²) >= 11 is 0.0781. The maximum Gasteiger partial charge on any atom is 0.143 e. The van der Waals surface area contributed by atoms with Gasteiger partial charge in [0.2, 0.25) is 0 Å². The van der Waals surface area contributed by atoms with Gasteiger partial charge in [-0.1, -0.05) is 11.8 Å². The zero-order valence-electron chi connectivity index (χ0n) is 8.99. The molecule has 0 saturated heterocycles. The molecule has 0 fully saturated rings. The van der Waals surface area contributed by atoms with E-state index >= 15 is 0 Å². The van der Waals surface area contributed by atoms with E-state index in [1.165, 1.54) is 0 Å². The smallest absolute Gasteiger partial charge is 0.143 e. The third-order valence-corrected chi connectivity index (χ3v) is 3.32. The lowest BCUT2D eigenvalue weighted by molar-refractivity contribution is 0.503. The van der Waals surface area contributed by atoms with Crippen molar-refractivity contribution < 1.29 is 26.3 Å². The van der Waals surface area contributed by atoms with E-state index in [0.717, 1.165) is 0 Å². The Bertz CT molecular complexity index is 539. The van der Waals surface area contributed by atoms with Gasteiger partial charge in [-0.15, -0.1) is 0 Å². The molecule has 0 radical (unpaired) electrons. The van der Waals surface area contributed by atoms with Gasteiger partial charge < -0.3 is 0 Å². The molecule has 19 heavy (non-hydrogen) atoms. The molecule has 0 aliphatic rings. The zero-order valence-corrected chi connectivity index (χ0v) is 9.80. The standard InChI is InChI=1S/C12H4F6S/c13-5-1-7(15)11(8(16)2-5)19-12-9(17)3-6(14)4-10(12)18/h1-4H. The molecule has 0 N–H and O–H groups in total. The second kappa shape index (κ2) is 5.16. The Kier molecular flexibility index (Phi) is 3.75. The van der Waals surface area contributed by atoms with Crippen LogP contribution in [0.25, 0.3) is 0 Å². The summed E-state index contributed by atoms with van der Waals surface area (Å²) in [5.41, 5.74) is 0. The van der Waals surface area contributed by atoms with Crippen molar-refractivity contribution in [2.24, 2.45) is 0 Å². The van der Waals surface area contributed by atoms with Crippen molar-refractivity contribution in [2.75, 3.05) is 0 Å². The highest BCUT2D eigenvalue weighted by Crippen LogP contribution is 2.36. The molecule has 0 unspecified atom stereocenters. The SMILES string of the molecule is Fc1cc(F)c(Sc2c(F)cc(F)cc2F)c(F)c1. The summed E-state index contributed by atoms with van der Waals surface area (Å²) in [6.07, 6.45) is 0. The van der Waals surface area contributed by atoms with Crippen LogP contribution in [0.15, 0.2) is 34.1 Å². The molecule has 0 atom stereocenters. The molecule has 2 rings (SSSR count). The van der Waals surface area contributed by atoms with Gasteiger partial charge in [0, 0.05) is 24.3 Å². The third kappa shape index (κ3) is 2.86. The van der Waals surface area contributed by atoms with Crippen molar-refractivity contribution >= 4 is 11.8 Å². The average Bonchev–Trinajstić information content (AvgIpc) is 2.25. The predicted octanol–water partition coefficient (Wildman–Crippen LogP) is 4.67. The molecule has 0 bridgehead atoms. The number of hydrogen-bond acceptors (Lipinski definition) is 1. The van der Waals surface area contributed by atoms with Gasteiger partial charge in [-0.3, -0.25) is 0 Å². The van der Waals surface area contributed by atoms with Gasteiger partial charge in [0.15, 0.2) is 0 Å². The third-order valence-electron chi connectivity index (χ3n) is 2.13. The molecular formula is C12H4F6S. The minimum atomic E-state index is -1.30. The molecule has 0 spiro atoms. The summed E-state index contributed by atoms with van der Waals surface area (Å²) in [6.45, 7) is 0. The molecule has 7 heteroatoms. The second-order valence-electron chi connectivity index (χ2n) is 3.50. The van der Waals surface area contributed by atoms with E-state index in [4.69, 9.17) is 0 Å². The van der Waals surface area contributed by atoms with Crippen molar-refractivity contribution in [1.82, 2.24) is 0 Å². The van der Waals surface area contributed by atoms with Crippen LogP contribution in [0.4, 0.5) is 26.3 Å². The maximum absolute atomic E-state index is 13.3. The van der Waals surface area contributed by atoms with Gasteiger partial charge in [-0.2, -0.15) is 0 Å². The lowest BCUT2D eigenvalue weighted by Crippen LogP contribution is -1.94. The van der Waals surface area contributed by atoms with Crippen molar-refractivity contribution in [3.05, 3.63) is 59.2 Å². The Morgan fingerprint density at radius 1 is 0.526 bits per heavy atom. The van der Waals surface area contributed by atoms with E-state index in [9.17, 15) is 26.3 Å². The second-order valence-corrected chi connectivity index (χ2v) is 4.52. The lowest BCUT2D eigenvalue weighted by atomic mass is 10.3. The van der Waals surface area contributed by atoms with E-state index < -0.39 is 44.7 Å². The minimum absolute atomic E-state index is 0.0781. The van der Waals surface area contributed by atoms with Crippen molar-refractivity contribution in [3.8, 4) is 0 Å². The van der Waals surface area contributed by atoms with Gasteiger partial charge in [0.25, 0.3) is 0 Å². The minimum Gasteiger partial charge on any atom is -0.207 e. The monoisotopic (exact) mass is 294 g/mol. The van der Waals surface area contributed by atoms with Crippen LogP contribution >= 0.6 is 11.8 Å². The number of benzene rings is 2. The molecule has 0 aliphatic carbocycles. The highest BCUT2D eigenvalue weighted by atomic mass is 32.2. The normalized spacial score (nSPS) is 10.8. The van der Waals surface area contributed by atoms with E-state index in [1.807, 2.05) is 0 Å². The molecule has 100 valence electrons. The number of rotatable bonds is 2. The summed E-state index contributed by atoms with van der Waals surface area (Å²) in [4.78, 5) is -1.54. The van der Waals surface area contributed by atoms with Crippen LogP contribution in [-0.4, -0.2) is 0 Å². The van der Waals surface area contributed by atoms with Crippen LogP contribution in [0, 0.1) is 34.9 Å². The molecule has 2 aromatic rings. The Hall–Kier alpha value is -1.63. The molecular weight excluding hydrogens is 290 g/mol. The van der Waals surface area contributed by atoms with Crippen LogP contribution in [0.2, 0.25) is 0 Å². The quantitative estimate of drug-likeness (QED) is 0.725. The first kappa shape index (κ1) is 13.8. The summed E-state index contributed by atoms with van der Waals surface area (Å²) in [5.74, 6) is -7.51. The largest absolute Gasteiger partial charge is 0.207 e. The molecule has 0 aromatic heterocycles. The Morgan fingerprint density at radius 2 is 0.789 bits per heavy atom. The molecule has 0 nitrogen and oxygen atoms in total. The van der Waals surface area contributed by atoms with E-state index in [-0.39, 0.29) is 11.8 Å². The predicted molar refractivity (Wildman–Crippen MR) is 56.8 cm³/mol. The van der Waals surface area contributed by atoms with E-state index in [1.54, 1.807) is 0 Å². The topological polar surface area (TPSA) is 0 Å². The molecule has 0 saturated carbocycles. The Balaban J connectivity index is 2.48. The highest BCUT2D eigenvalue weighted by molar-refractivity contribution is 7.99. The Labute approximate surface area is 108 Å². The molecule has 2 aromatic carbocycles. The van der Waals surface area contributed by atoms with Crippen molar-refractivity contribution in [2.45, 2.75) is 9.79 Å². The molecule has 0 aliphatic heterocycles. The first-order valence-corrected chi connectivity index (χ1v) is 5.67. The van der Waals surface area contributed by atoms with E-state index in [0.29, 0.717) is 24.3 Å². The maximum atomic E-state index is 13.3. The average molecular weight is 294 g/mol. The lowest BCUT2D eigenvalue weighted by Gasteiger charge is -2.07. The van der Waals surface area contributed by atoms with Crippen molar-refractivity contribution in [3.63, 3.8) is 0 Å². The fourth-order valence-corrected chi connectivity index (χ4v) is 2.18. The fourth-order valence-electron chi connectivity index (χ4n) is 1.35. The van der Waals surface area contributed by atoms with Gasteiger partial charge in [-0.25, -0.2) is 26.3 Å². The molecule has 0 amide bonds. The van der Waals surface area contributed by atoms with Crippen LogP contribution < -0.4 is 0 Å². The first-order chi connectivity index (χ1) is 8.88. The first-order valence-electron chi connectivity index (χ1n) is 4.85.